The molecule has 0 radical (unpaired) electrons. The molecule has 0 aliphatic heterocycles. The van der Waals surface area contributed by atoms with Crippen LogP contribution in [0.1, 0.15) is 54.8 Å². The fraction of sp³-hybridized carbons (Fsp3) is 0.615. The lowest BCUT2D eigenvalue weighted by Gasteiger charge is -2.12. The Kier molecular flexibility index (Phi) is 5.70. The van der Waals surface area contributed by atoms with Crippen LogP contribution in [0.5, 0.6) is 0 Å². The van der Waals surface area contributed by atoms with E-state index in [0.29, 0.717) is 5.78 Å². The first-order valence-corrected chi connectivity index (χ1v) is 7.51. The van der Waals surface area contributed by atoms with Gasteiger partial charge in [-0.25, -0.2) is 0 Å². The highest BCUT2D eigenvalue weighted by Crippen LogP contribution is 2.29. The average molecular weight is 303 g/mol. The van der Waals surface area contributed by atoms with E-state index >= 15 is 0 Å². The minimum atomic E-state index is 0.208. The fourth-order valence-corrected chi connectivity index (χ4v) is 3.58. The molecule has 0 bridgehead atoms. The maximum absolute atomic E-state index is 12.3. The Hall–Kier alpha value is -0.150. The highest BCUT2D eigenvalue weighted by atomic mass is 79.9. The molecule has 0 saturated carbocycles. The smallest absolute Gasteiger partial charge is 0.167 e. The van der Waals surface area contributed by atoms with Gasteiger partial charge < -0.3 is 0 Å². The highest BCUT2D eigenvalue weighted by Gasteiger charge is 2.20. The van der Waals surface area contributed by atoms with Gasteiger partial charge in [0.1, 0.15) is 0 Å². The van der Waals surface area contributed by atoms with Gasteiger partial charge in [0, 0.05) is 16.4 Å². The summed E-state index contributed by atoms with van der Waals surface area (Å²) in [5.41, 5.74) is 0.917. The van der Waals surface area contributed by atoms with Gasteiger partial charge in [0.05, 0.1) is 3.79 Å². The summed E-state index contributed by atoms with van der Waals surface area (Å²) < 4.78 is 1.05. The second-order valence-corrected chi connectivity index (χ2v) is 6.77. The quantitative estimate of drug-likeness (QED) is 0.659. The zero-order valence-electron chi connectivity index (χ0n) is 10.2. The van der Waals surface area contributed by atoms with Crippen LogP contribution < -0.4 is 0 Å². The normalized spacial score (nSPS) is 12.8. The van der Waals surface area contributed by atoms with Gasteiger partial charge in [0.15, 0.2) is 5.78 Å². The molecule has 16 heavy (non-hydrogen) atoms. The number of carbonyl (C=O) groups is 1. The summed E-state index contributed by atoms with van der Waals surface area (Å²) in [6.07, 6.45) is 4.29. The number of rotatable bonds is 6. The number of halogens is 1. The third-order valence-corrected chi connectivity index (χ3v) is 4.48. The summed E-state index contributed by atoms with van der Waals surface area (Å²) >= 11 is 5.09. The van der Waals surface area contributed by atoms with Crippen molar-refractivity contribution in [3.63, 3.8) is 0 Å². The molecule has 1 atom stereocenters. The molecule has 90 valence electrons. The molecule has 1 aromatic rings. The number of hydrogen-bond acceptors (Lipinski definition) is 2. The monoisotopic (exact) mass is 302 g/mol. The van der Waals surface area contributed by atoms with Gasteiger partial charge in [-0.1, -0.05) is 26.7 Å². The first kappa shape index (κ1) is 13.9. The molecule has 0 aromatic carbocycles. The molecule has 0 saturated heterocycles. The molecule has 0 amide bonds. The van der Waals surface area contributed by atoms with Crippen molar-refractivity contribution in [2.45, 2.75) is 46.5 Å². The number of thiophene rings is 1. The predicted octanol–water partition coefficient (Wildman–Crippen LogP) is 5.22. The van der Waals surface area contributed by atoms with E-state index in [1.165, 1.54) is 0 Å². The van der Waals surface area contributed by atoms with E-state index in [4.69, 9.17) is 0 Å². The average Bonchev–Trinajstić information content (AvgIpc) is 2.58. The van der Waals surface area contributed by atoms with E-state index in [1.54, 1.807) is 11.3 Å². The summed E-state index contributed by atoms with van der Waals surface area (Å²) in [5, 5.41) is 0. The van der Waals surface area contributed by atoms with Crippen molar-refractivity contribution in [2.75, 3.05) is 0 Å². The number of carbonyl (C=O) groups excluding carboxylic acids is 1. The molecular weight excluding hydrogens is 284 g/mol. The van der Waals surface area contributed by atoms with Crippen molar-refractivity contribution in [1.29, 1.82) is 0 Å². The van der Waals surface area contributed by atoms with Gasteiger partial charge in [-0.05, 0) is 41.8 Å². The van der Waals surface area contributed by atoms with Crippen LogP contribution in [0, 0.1) is 12.8 Å². The van der Waals surface area contributed by atoms with Crippen LogP contribution in [-0.4, -0.2) is 5.78 Å². The number of hydrogen-bond donors (Lipinski definition) is 0. The number of Topliss-reactive ketones (excluding diaryl/α,β-unsaturated/α-hetero) is 1. The van der Waals surface area contributed by atoms with Gasteiger partial charge in [0.2, 0.25) is 0 Å². The molecule has 3 heteroatoms. The molecule has 1 unspecified atom stereocenters. The Balaban J connectivity index is 2.78. The van der Waals surface area contributed by atoms with Crippen molar-refractivity contribution in [3.8, 4) is 0 Å². The van der Waals surface area contributed by atoms with Crippen molar-refractivity contribution < 1.29 is 4.79 Å². The third-order valence-electron chi connectivity index (χ3n) is 2.92. The minimum Gasteiger partial charge on any atom is -0.294 e. The Morgan fingerprint density at radius 3 is 2.62 bits per heavy atom. The Labute approximate surface area is 110 Å². The summed E-state index contributed by atoms with van der Waals surface area (Å²) in [5.74, 6) is 0.538. The Morgan fingerprint density at radius 1 is 1.50 bits per heavy atom. The van der Waals surface area contributed by atoms with E-state index in [2.05, 4.69) is 29.8 Å². The van der Waals surface area contributed by atoms with Crippen LogP contribution in [0.2, 0.25) is 0 Å². The number of unbranched alkanes of at least 4 members (excludes halogenated alkanes) is 1. The first-order chi connectivity index (χ1) is 7.60. The van der Waals surface area contributed by atoms with Crippen LogP contribution in [0.3, 0.4) is 0 Å². The van der Waals surface area contributed by atoms with Crippen LogP contribution in [0.15, 0.2) is 9.85 Å². The number of aryl methyl sites for hydroxylation is 1. The molecule has 1 aromatic heterocycles. The molecule has 0 N–H and O–H groups in total. The molecular formula is C13H19BrOS. The van der Waals surface area contributed by atoms with Gasteiger partial charge in [-0.2, -0.15) is 0 Å². The third kappa shape index (κ3) is 3.42. The van der Waals surface area contributed by atoms with E-state index in [9.17, 15) is 4.79 Å². The van der Waals surface area contributed by atoms with E-state index < -0.39 is 0 Å². The molecule has 1 rings (SSSR count). The van der Waals surface area contributed by atoms with Gasteiger partial charge in [-0.15, -0.1) is 11.3 Å². The molecule has 0 fully saturated rings. The van der Waals surface area contributed by atoms with Gasteiger partial charge in [-0.3, -0.25) is 4.79 Å². The second-order valence-electron chi connectivity index (χ2n) is 4.13. The van der Waals surface area contributed by atoms with E-state index in [-0.39, 0.29) is 5.92 Å². The van der Waals surface area contributed by atoms with Gasteiger partial charge >= 0.3 is 0 Å². The van der Waals surface area contributed by atoms with E-state index in [1.807, 2.05) is 13.0 Å². The van der Waals surface area contributed by atoms with E-state index in [0.717, 1.165) is 39.9 Å². The maximum atomic E-state index is 12.3. The van der Waals surface area contributed by atoms with Crippen molar-refractivity contribution in [3.05, 3.63) is 20.3 Å². The fourth-order valence-electron chi connectivity index (χ4n) is 1.88. The van der Waals surface area contributed by atoms with Crippen molar-refractivity contribution in [2.24, 2.45) is 5.92 Å². The number of ketones is 1. The zero-order valence-corrected chi connectivity index (χ0v) is 12.6. The molecule has 0 aliphatic rings. The first-order valence-electron chi connectivity index (χ1n) is 5.90. The lowest BCUT2D eigenvalue weighted by molar-refractivity contribution is 0.0908. The lowest BCUT2D eigenvalue weighted by Crippen LogP contribution is -2.14. The summed E-state index contributed by atoms with van der Waals surface area (Å²) in [4.78, 5) is 13.4. The molecule has 0 spiro atoms. The van der Waals surface area contributed by atoms with Crippen LogP contribution >= 0.6 is 27.3 Å². The Bertz CT molecular complexity index is 357. The minimum absolute atomic E-state index is 0.208. The largest absolute Gasteiger partial charge is 0.294 e. The SMILES string of the molecule is CCCCC(CC)C(=O)c1cc(Br)sc1C. The standard InChI is InChI=1S/C13H19BrOS/c1-4-6-7-10(5-2)13(15)11-8-12(14)16-9(11)3/h8,10H,4-7H2,1-3H3. The lowest BCUT2D eigenvalue weighted by atomic mass is 9.91. The summed E-state index contributed by atoms with van der Waals surface area (Å²) in [6, 6.07) is 1.97. The topological polar surface area (TPSA) is 17.1 Å². The summed E-state index contributed by atoms with van der Waals surface area (Å²) in [7, 11) is 0. The molecule has 1 heterocycles. The van der Waals surface area contributed by atoms with Crippen LogP contribution in [0.25, 0.3) is 0 Å². The van der Waals surface area contributed by atoms with Crippen molar-refractivity contribution in [1.82, 2.24) is 0 Å². The molecule has 1 nitrogen and oxygen atoms in total. The highest BCUT2D eigenvalue weighted by molar-refractivity contribution is 9.11. The molecule has 0 aliphatic carbocycles. The van der Waals surface area contributed by atoms with Gasteiger partial charge in [0.25, 0.3) is 0 Å². The maximum Gasteiger partial charge on any atom is 0.167 e. The van der Waals surface area contributed by atoms with Crippen LogP contribution in [0.4, 0.5) is 0 Å². The van der Waals surface area contributed by atoms with Crippen LogP contribution in [-0.2, 0) is 0 Å². The predicted molar refractivity (Wildman–Crippen MR) is 74.4 cm³/mol. The Morgan fingerprint density at radius 2 is 2.19 bits per heavy atom. The second kappa shape index (κ2) is 6.55. The van der Waals surface area contributed by atoms with Crippen molar-refractivity contribution >= 4 is 33.0 Å². The zero-order chi connectivity index (χ0) is 12.1. The summed E-state index contributed by atoms with van der Waals surface area (Å²) in [6.45, 7) is 6.30.